The number of aromatic nitrogens is 1. The van der Waals surface area contributed by atoms with Gasteiger partial charge in [0.15, 0.2) is 0 Å². The van der Waals surface area contributed by atoms with E-state index in [9.17, 15) is 19.6 Å². The van der Waals surface area contributed by atoms with Crippen LogP contribution in [0.3, 0.4) is 0 Å². The van der Waals surface area contributed by atoms with Crippen molar-refractivity contribution in [2.24, 2.45) is 5.92 Å². The quantitative estimate of drug-likeness (QED) is 0.676. The molecular weight excluding hydrogens is 432 g/mol. The lowest BCUT2D eigenvalue weighted by Gasteiger charge is -2.39. The van der Waals surface area contributed by atoms with Gasteiger partial charge in [0.05, 0.1) is 12.6 Å². The topological polar surface area (TPSA) is 118 Å². The number of imide groups is 1. The van der Waals surface area contributed by atoms with Gasteiger partial charge in [-0.2, -0.15) is 5.26 Å². The Morgan fingerprint density at radius 3 is 2.47 bits per heavy atom. The van der Waals surface area contributed by atoms with E-state index in [1.807, 2.05) is 32.6 Å². The van der Waals surface area contributed by atoms with Crippen LogP contribution >= 0.6 is 0 Å². The van der Waals surface area contributed by atoms with Crippen molar-refractivity contribution in [3.63, 3.8) is 0 Å². The zero-order chi connectivity index (χ0) is 24.6. The van der Waals surface area contributed by atoms with Crippen LogP contribution in [0.5, 0.6) is 0 Å². The molecule has 0 spiro atoms. The molecule has 2 aliphatic rings. The first kappa shape index (κ1) is 23.2. The molecule has 1 aromatic carbocycles. The first-order chi connectivity index (χ1) is 16.2. The Morgan fingerprint density at radius 1 is 1.21 bits per heavy atom. The predicted molar refractivity (Wildman–Crippen MR) is 126 cm³/mol. The monoisotopic (exact) mass is 460 g/mol. The van der Waals surface area contributed by atoms with Crippen molar-refractivity contribution in [2.75, 3.05) is 24.5 Å². The molecule has 176 valence electrons. The van der Waals surface area contributed by atoms with Crippen molar-refractivity contribution in [1.29, 1.82) is 5.26 Å². The van der Waals surface area contributed by atoms with Crippen molar-refractivity contribution in [1.82, 2.24) is 20.5 Å². The van der Waals surface area contributed by atoms with Crippen LogP contribution in [0.4, 0.5) is 10.6 Å². The molecule has 0 bridgehead atoms. The van der Waals surface area contributed by atoms with E-state index < -0.39 is 23.5 Å². The summed E-state index contributed by atoms with van der Waals surface area (Å²) in [6.07, 6.45) is 1.81. The number of aryl methyl sites for hydroxylation is 2. The number of hydrogen-bond acceptors (Lipinski definition) is 6. The Hall–Kier alpha value is -3.93. The minimum absolute atomic E-state index is 0.199. The maximum atomic E-state index is 13.3. The zero-order valence-corrected chi connectivity index (χ0v) is 19.8. The van der Waals surface area contributed by atoms with Gasteiger partial charge in [-0.3, -0.25) is 14.9 Å². The number of nitriles is 1. The molecule has 2 atom stereocenters. The Balaban J connectivity index is 1.53. The van der Waals surface area contributed by atoms with Crippen LogP contribution in [0.2, 0.25) is 0 Å². The van der Waals surface area contributed by atoms with Gasteiger partial charge in [0.2, 0.25) is 0 Å². The number of anilines is 1. The normalized spacial score (nSPS) is 22.4. The van der Waals surface area contributed by atoms with E-state index in [0.717, 1.165) is 16.9 Å². The van der Waals surface area contributed by atoms with E-state index >= 15 is 0 Å². The highest BCUT2D eigenvalue weighted by Crippen LogP contribution is 2.33. The average Bonchev–Trinajstić information content (AvgIpc) is 3.13. The number of piperazine rings is 1. The van der Waals surface area contributed by atoms with Crippen molar-refractivity contribution in [3.05, 3.63) is 58.8 Å². The third-order valence-corrected chi connectivity index (χ3v) is 6.63. The molecule has 4 rings (SSSR count). The van der Waals surface area contributed by atoms with Crippen molar-refractivity contribution in [3.8, 4) is 6.07 Å². The predicted octanol–water partition coefficient (Wildman–Crippen LogP) is 2.24. The molecule has 2 N–H and O–H groups in total. The molecule has 2 aromatic rings. The summed E-state index contributed by atoms with van der Waals surface area (Å²) in [5.74, 6) is -0.0225. The summed E-state index contributed by atoms with van der Waals surface area (Å²) in [6.45, 7) is 9.02. The molecule has 9 nitrogen and oxygen atoms in total. The fourth-order valence-corrected chi connectivity index (χ4v) is 4.82. The average molecular weight is 461 g/mol. The molecule has 0 radical (unpaired) electrons. The van der Waals surface area contributed by atoms with Gasteiger partial charge in [0.25, 0.3) is 11.8 Å². The molecule has 2 saturated heterocycles. The van der Waals surface area contributed by atoms with E-state index in [4.69, 9.17) is 0 Å². The minimum atomic E-state index is -1.18. The van der Waals surface area contributed by atoms with Crippen molar-refractivity contribution >= 4 is 23.7 Å². The Bertz CT molecular complexity index is 1190. The van der Waals surface area contributed by atoms with Crippen LogP contribution < -0.4 is 15.5 Å². The van der Waals surface area contributed by atoms with Crippen LogP contribution in [0, 0.1) is 31.1 Å². The number of amides is 4. The highest BCUT2D eigenvalue weighted by Gasteiger charge is 2.50. The summed E-state index contributed by atoms with van der Waals surface area (Å²) in [4.78, 5) is 45.8. The van der Waals surface area contributed by atoms with Gasteiger partial charge >= 0.3 is 6.03 Å². The van der Waals surface area contributed by atoms with E-state index in [0.29, 0.717) is 30.8 Å². The molecule has 4 amide bonds. The Labute approximate surface area is 198 Å². The van der Waals surface area contributed by atoms with E-state index in [-0.39, 0.29) is 11.8 Å². The van der Waals surface area contributed by atoms with E-state index in [1.165, 1.54) is 0 Å². The SMILES string of the molecule is Cc1cnc(N2CCN(C(=O)c3ccc(C4(C(C)C)NC(=O)NC4=O)cc3)C(C#N)C2)c(C)c1. The highest BCUT2D eigenvalue weighted by atomic mass is 16.2. The fraction of sp³-hybridized carbons (Fsp3) is 0.400. The van der Waals surface area contributed by atoms with Gasteiger partial charge in [0, 0.05) is 24.8 Å². The smallest absolute Gasteiger partial charge is 0.322 e. The number of nitrogens with one attached hydrogen (secondary N) is 2. The number of pyridine rings is 1. The second-order valence-corrected chi connectivity index (χ2v) is 9.19. The lowest BCUT2D eigenvalue weighted by molar-refractivity contribution is -0.125. The van der Waals surface area contributed by atoms with Gasteiger partial charge in [0.1, 0.15) is 17.4 Å². The summed E-state index contributed by atoms with van der Waals surface area (Å²) in [5.41, 5.74) is 1.95. The number of rotatable bonds is 4. The molecule has 3 heterocycles. The number of nitrogens with zero attached hydrogens (tertiary/aromatic N) is 4. The number of benzene rings is 1. The Kier molecular flexibility index (Phi) is 6.00. The molecule has 2 fully saturated rings. The fourth-order valence-electron chi connectivity index (χ4n) is 4.82. The summed E-state index contributed by atoms with van der Waals surface area (Å²) in [5, 5.41) is 14.8. The molecule has 0 saturated carbocycles. The highest BCUT2D eigenvalue weighted by molar-refractivity contribution is 6.07. The maximum absolute atomic E-state index is 13.3. The van der Waals surface area contributed by atoms with Crippen LogP contribution in [0.15, 0.2) is 36.5 Å². The summed E-state index contributed by atoms with van der Waals surface area (Å²) in [7, 11) is 0. The summed E-state index contributed by atoms with van der Waals surface area (Å²) in [6, 6.07) is 9.83. The van der Waals surface area contributed by atoms with E-state index in [1.54, 1.807) is 35.4 Å². The van der Waals surface area contributed by atoms with Crippen LogP contribution in [-0.4, -0.2) is 53.4 Å². The minimum Gasteiger partial charge on any atom is -0.351 e. The molecule has 0 aliphatic carbocycles. The lowest BCUT2D eigenvalue weighted by Crippen LogP contribution is -2.55. The van der Waals surface area contributed by atoms with Gasteiger partial charge in [-0.15, -0.1) is 0 Å². The third-order valence-electron chi connectivity index (χ3n) is 6.63. The number of carbonyl (C=O) groups is 3. The second kappa shape index (κ2) is 8.78. The zero-order valence-electron chi connectivity index (χ0n) is 19.8. The van der Waals surface area contributed by atoms with Crippen LogP contribution in [0.1, 0.15) is 40.9 Å². The van der Waals surface area contributed by atoms with E-state index in [2.05, 4.69) is 27.8 Å². The Morgan fingerprint density at radius 2 is 1.91 bits per heavy atom. The van der Waals surface area contributed by atoms with Gasteiger partial charge < -0.3 is 15.1 Å². The molecule has 2 unspecified atom stereocenters. The molecule has 34 heavy (non-hydrogen) atoms. The van der Waals surface area contributed by atoms with Crippen molar-refractivity contribution in [2.45, 2.75) is 39.3 Å². The number of urea groups is 1. The first-order valence-electron chi connectivity index (χ1n) is 11.3. The molecule has 9 heteroatoms. The summed E-state index contributed by atoms with van der Waals surface area (Å²) >= 11 is 0. The second-order valence-electron chi connectivity index (χ2n) is 9.19. The van der Waals surface area contributed by atoms with Crippen LogP contribution in [0.25, 0.3) is 0 Å². The third kappa shape index (κ3) is 3.85. The van der Waals surface area contributed by atoms with Crippen LogP contribution in [-0.2, 0) is 10.3 Å². The molecule has 2 aliphatic heterocycles. The van der Waals surface area contributed by atoms with Gasteiger partial charge in [-0.1, -0.05) is 32.0 Å². The number of carbonyl (C=O) groups excluding carboxylic acids is 3. The standard InChI is InChI=1S/C25H28N6O3/c1-15(2)25(23(33)28-24(34)29-25)19-7-5-18(6-8-19)22(32)31-10-9-30(14-20(31)12-26)21-17(4)11-16(3)13-27-21/h5-8,11,13,15,20H,9-10,14H2,1-4H3,(H2,28,29,33,34). The number of hydrogen-bond donors (Lipinski definition) is 2. The van der Waals surface area contributed by atoms with Gasteiger partial charge in [-0.25, -0.2) is 9.78 Å². The largest absolute Gasteiger partial charge is 0.351 e. The molecular formula is C25H28N6O3. The maximum Gasteiger partial charge on any atom is 0.322 e. The summed E-state index contributed by atoms with van der Waals surface area (Å²) < 4.78 is 0. The van der Waals surface area contributed by atoms with Crippen molar-refractivity contribution < 1.29 is 14.4 Å². The van der Waals surface area contributed by atoms with Gasteiger partial charge in [-0.05, 0) is 48.6 Å². The lowest BCUT2D eigenvalue weighted by atomic mass is 9.79. The molecule has 1 aromatic heterocycles. The first-order valence-corrected chi connectivity index (χ1v) is 11.3.